The van der Waals surface area contributed by atoms with Crippen LogP contribution in [0.5, 0.6) is 0 Å². The Hall–Kier alpha value is -3.85. The van der Waals surface area contributed by atoms with Crippen LogP contribution in [-0.2, 0) is 32.6 Å². The van der Waals surface area contributed by atoms with E-state index in [1.165, 1.54) is 35.2 Å². The fraction of sp³-hybridized carbons (Fsp3) is 0.212. The van der Waals surface area contributed by atoms with Gasteiger partial charge in [-0.1, -0.05) is 109 Å². The zero-order valence-electron chi connectivity index (χ0n) is 23.7. The summed E-state index contributed by atoms with van der Waals surface area (Å²) in [6.45, 7) is 1.85. The number of carbonyl (C=O) groups excluding carboxylic acids is 2. The van der Waals surface area contributed by atoms with Crippen LogP contribution in [0.25, 0.3) is 0 Å². The Kier molecular flexibility index (Phi) is 11.2. The van der Waals surface area contributed by atoms with Crippen molar-refractivity contribution < 1.29 is 18.0 Å². The Morgan fingerprint density at radius 3 is 2.00 bits per heavy atom. The number of anilines is 1. The minimum atomic E-state index is -4.27. The number of hydrogen-bond acceptors (Lipinski definition) is 4. The van der Waals surface area contributed by atoms with Gasteiger partial charge in [0.1, 0.15) is 12.6 Å². The van der Waals surface area contributed by atoms with Crippen molar-refractivity contribution in [3.63, 3.8) is 0 Å². The van der Waals surface area contributed by atoms with Crippen molar-refractivity contribution in [2.24, 2.45) is 0 Å². The molecule has 0 unspecified atom stereocenters. The van der Waals surface area contributed by atoms with Crippen molar-refractivity contribution in [1.82, 2.24) is 10.2 Å². The maximum Gasteiger partial charge on any atom is 0.264 e. The molecule has 0 radical (unpaired) electrons. The minimum Gasteiger partial charge on any atom is -0.354 e. The SMILES string of the molecule is CCCNC(=O)[C@H](Cc1ccccc1)N(Cc1ccccc1)C(=O)CN(c1cc(Cl)ccc1Cl)S(=O)(=O)c1ccccc1. The zero-order chi connectivity index (χ0) is 30.8. The summed E-state index contributed by atoms with van der Waals surface area (Å²) in [5, 5.41) is 3.28. The Bertz CT molecular complexity index is 1620. The van der Waals surface area contributed by atoms with Gasteiger partial charge in [-0.3, -0.25) is 13.9 Å². The molecule has 224 valence electrons. The molecule has 0 aliphatic heterocycles. The molecular weight excluding hydrogens is 605 g/mol. The summed E-state index contributed by atoms with van der Waals surface area (Å²) in [5.41, 5.74) is 1.70. The number of hydrogen-bond donors (Lipinski definition) is 1. The van der Waals surface area contributed by atoms with E-state index in [-0.39, 0.29) is 39.5 Å². The molecule has 0 aromatic heterocycles. The van der Waals surface area contributed by atoms with Crippen molar-refractivity contribution in [3.8, 4) is 0 Å². The fourth-order valence-electron chi connectivity index (χ4n) is 4.61. The van der Waals surface area contributed by atoms with Crippen LogP contribution >= 0.6 is 23.2 Å². The third-order valence-corrected chi connectivity index (χ3v) is 9.13. The number of carbonyl (C=O) groups is 2. The smallest absolute Gasteiger partial charge is 0.264 e. The third kappa shape index (κ3) is 8.38. The van der Waals surface area contributed by atoms with Crippen LogP contribution in [-0.4, -0.2) is 44.3 Å². The van der Waals surface area contributed by atoms with E-state index in [0.29, 0.717) is 13.0 Å². The summed E-state index contributed by atoms with van der Waals surface area (Å²) in [6, 6.07) is 30.0. The summed E-state index contributed by atoms with van der Waals surface area (Å²) in [7, 11) is -4.27. The van der Waals surface area contributed by atoms with Crippen molar-refractivity contribution in [3.05, 3.63) is 130 Å². The number of benzene rings is 4. The summed E-state index contributed by atoms with van der Waals surface area (Å²) < 4.78 is 29.0. The standard InChI is InChI=1S/C33H33Cl2N3O4S/c1-2-20-36-33(40)31(21-25-12-6-3-7-13-25)37(23-26-14-8-4-9-15-26)32(39)24-38(30-22-27(34)18-19-29(30)35)43(41,42)28-16-10-5-11-17-28/h3-19,22,31H,2,20-21,23-24H2,1H3,(H,36,40)/t31-/m0/s1. The first-order valence-corrected chi connectivity index (χ1v) is 16.1. The molecule has 7 nitrogen and oxygen atoms in total. The second-order valence-electron chi connectivity index (χ2n) is 9.92. The van der Waals surface area contributed by atoms with E-state index in [1.807, 2.05) is 67.6 Å². The molecule has 4 aromatic rings. The van der Waals surface area contributed by atoms with Crippen LogP contribution in [0.15, 0.2) is 114 Å². The fourth-order valence-corrected chi connectivity index (χ4v) is 6.49. The number of halogens is 2. The summed E-state index contributed by atoms with van der Waals surface area (Å²) >= 11 is 12.8. The van der Waals surface area contributed by atoms with E-state index in [4.69, 9.17) is 23.2 Å². The maximum atomic E-state index is 14.4. The van der Waals surface area contributed by atoms with Gasteiger partial charge in [0.25, 0.3) is 10.0 Å². The Balaban J connectivity index is 1.80. The molecule has 0 aliphatic carbocycles. The molecule has 0 saturated carbocycles. The molecule has 2 amide bonds. The lowest BCUT2D eigenvalue weighted by molar-refractivity contribution is -0.140. The van der Waals surface area contributed by atoms with Gasteiger partial charge in [0.15, 0.2) is 0 Å². The Morgan fingerprint density at radius 1 is 0.814 bits per heavy atom. The molecule has 4 rings (SSSR count). The van der Waals surface area contributed by atoms with Crippen LogP contribution in [0, 0.1) is 0 Å². The average molecular weight is 639 g/mol. The molecule has 43 heavy (non-hydrogen) atoms. The van der Waals surface area contributed by atoms with Crippen molar-refractivity contribution in [2.45, 2.75) is 37.2 Å². The first-order chi connectivity index (χ1) is 20.7. The van der Waals surface area contributed by atoms with E-state index < -0.39 is 28.5 Å². The molecule has 0 spiro atoms. The van der Waals surface area contributed by atoms with Gasteiger partial charge in [0.05, 0.1) is 15.6 Å². The van der Waals surface area contributed by atoms with Gasteiger partial charge < -0.3 is 10.2 Å². The second-order valence-corrected chi connectivity index (χ2v) is 12.6. The first-order valence-electron chi connectivity index (χ1n) is 13.9. The number of nitrogens with one attached hydrogen (secondary N) is 1. The molecular formula is C33H33Cl2N3O4S. The highest BCUT2D eigenvalue weighted by molar-refractivity contribution is 7.92. The molecule has 10 heteroatoms. The largest absolute Gasteiger partial charge is 0.354 e. The van der Waals surface area contributed by atoms with Crippen molar-refractivity contribution >= 4 is 50.7 Å². The van der Waals surface area contributed by atoms with Gasteiger partial charge in [-0.15, -0.1) is 0 Å². The van der Waals surface area contributed by atoms with E-state index in [2.05, 4.69) is 5.32 Å². The van der Waals surface area contributed by atoms with E-state index in [1.54, 1.807) is 18.2 Å². The van der Waals surface area contributed by atoms with E-state index in [9.17, 15) is 18.0 Å². The molecule has 1 atom stereocenters. The molecule has 0 heterocycles. The molecule has 4 aromatic carbocycles. The van der Waals surface area contributed by atoms with Crippen molar-refractivity contribution in [2.75, 3.05) is 17.4 Å². The highest BCUT2D eigenvalue weighted by atomic mass is 35.5. The van der Waals surface area contributed by atoms with Crippen LogP contribution in [0.4, 0.5) is 5.69 Å². The van der Waals surface area contributed by atoms with E-state index >= 15 is 0 Å². The molecule has 0 saturated heterocycles. The predicted octanol–water partition coefficient (Wildman–Crippen LogP) is 6.36. The van der Waals surface area contributed by atoms with Gasteiger partial charge in [-0.25, -0.2) is 8.42 Å². The van der Waals surface area contributed by atoms with Gasteiger partial charge in [-0.2, -0.15) is 0 Å². The monoisotopic (exact) mass is 637 g/mol. The third-order valence-electron chi connectivity index (χ3n) is 6.80. The minimum absolute atomic E-state index is 0.0185. The molecule has 0 fully saturated rings. The number of sulfonamides is 1. The van der Waals surface area contributed by atoms with Gasteiger partial charge in [0, 0.05) is 24.5 Å². The maximum absolute atomic E-state index is 14.4. The lowest BCUT2D eigenvalue weighted by Crippen LogP contribution is -2.53. The molecule has 0 aliphatic rings. The first kappa shape index (κ1) is 32.1. The topological polar surface area (TPSA) is 86.8 Å². The predicted molar refractivity (Wildman–Crippen MR) is 172 cm³/mol. The number of amides is 2. The Morgan fingerprint density at radius 2 is 1.40 bits per heavy atom. The highest BCUT2D eigenvalue weighted by Crippen LogP contribution is 2.33. The number of rotatable bonds is 13. The van der Waals surface area contributed by atoms with Gasteiger partial charge in [0.2, 0.25) is 11.8 Å². The van der Waals surface area contributed by atoms with Crippen LogP contribution in [0.1, 0.15) is 24.5 Å². The quantitative estimate of drug-likeness (QED) is 0.185. The number of nitrogens with zero attached hydrogens (tertiary/aromatic N) is 2. The normalized spacial score (nSPS) is 11.9. The lowest BCUT2D eigenvalue weighted by atomic mass is 10.0. The van der Waals surface area contributed by atoms with Crippen molar-refractivity contribution in [1.29, 1.82) is 0 Å². The van der Waals surface area contributed by atoms with Crippen LogP contribution in [0.2, 0.25) is 10.0 Å². The molecule has 1 N–H and O–H groups in total. The Labute approximate surface area is 263 Å². The summed E-state index contributed by atoms with van der Waals surface area (Å²) in [6.07, 6.45) is 0.950. The second kappa shape index (κ2) is 15.0. The lowest BCUT2D eigenvalue weighted by Gasteiger charge is -2.34. The van der Waals surface area contributed by atoms with Crippen LogP contribution in [0.3, 0.4) is 0 Å². The van der Waals surface area contributed by atoms with E-state index in [0.717, 1.165) is 15.4 Å². The van der Waals surface area contributed by atoms with Gasteiger partial charge >= 0.3 is 0 Å². The summed E-state index contributed by atoms with van der Waals surface area (Å²) in [4.78, 5) is 29.4. The highest BCUT2D eigenvalue weighted by Gasteiger charge is 2.35. The molecule has 0 bridgehead atoms. The summed E-state index contributed by atoms with van der Waals surface area (Å²) in [5.74, 6) is -0.903. The van der Waals surface area contributed by atoms with Crippen LogP contribution < -0.4 is 9.62 Å². The zero-order valence-corrected chi connectivity index (χ0v) is 26.0. The van der Waals surface area contributed by atoms with Gasteiger partial charge in [-0.05, 0) is 47.9 Å². The average Bonchev–Trinajstić information content (AvgIpc) is 3.03.